The molecule has 0 bridgehead atoms. The summed E-state index contributed by atoms with van der Waals surface area (Å²) in [6, 6.07) is 9.52. The van der Waals surface area contributed by atoms with Crippen LogP contribution >= 0.6 is 0 Å². The number of rotatable bonds is 3. The van der Waals surface area contributed by atoms with Gasteiger partial charge in [-0.25, -0.2) is 0 Å². The van der Waals surface area contributed by atoms with Crippen molar-refractivity contribution in [2.45, 2.75) is 32.2 Å². The van der Waals surface area contributed by atoms with E-state index in [9.17, 15) is 9.59 Å². The lowest BCUT2D eigenvalue weighted by Crippen LogP contribution is -2.56. The number of amides is 2. The van der Waals surface area contributed by atoms with E-state index in [-0.39, 0.29) is 17.4 Å². The molecule has 4 rings (SSSR count). The van der Waals surface area contributed by atoms with Gasteiger partial charge in [0, 0.05) is 51.3 Å². The molecule has 5 nitrogen and oxygen atoms in total. The third kappa shape index (κ3) is 3.06. The molecule has 3 aliphatic rings. The van der Waals surface area contributed by atoms with E-state index < -0.39 is 0 Å². The molecule has 0 aromatic heterocycles. The molecule has 1 aromatic rings. The van der Waals surface area contributed by atoms with Crippen molar-refractivity contribution in [3.05, 3.63) is 35.9 Å². The van der Waals surface area contributed by atoms with Gasteiger partial charge in [-0.05, 0) is 30.9 Å². The minimum absolute atomic E-state index is 0.0685. The van der Waals surface area contributed by atoms with Crippen molar-refractivity contribution in [1.82, 2.24) is 14.7 Å². The molecule has 3 aliphatic heterocycles. The van der Waals surface area contributed by atoms with E-state index in [1.807, 2.05) is 47.2 Å². The molecule has 5 heteroatoms. The SMILES string of the molecule is CC(C)CN1C[C@H]2C(=O)N(C)C3(CCN(C(=O)c4ccccc4)CC3)[C@H]2C1. The van der Waals surface area contributed by atoms with E-state index in [1.165, 1.54) is 0 Å². The Kier molecular flexibility index (Phi) is 4.75. The maximum Gasteiger partial charge on any atom is 0.253 e. The summed E-state index contributed by atoms with van der Waals surface area (Å²) in [7, 11) is 1.99. The fourth-order valence-corrected chi connectivity index (χ4v) is 5.63. The molecule has 0 unspecified atom stereocenters. The highest BCUT2D eigenvalue weighted by molar-refractivity contribution is 5.94. The highest BCUT2D eigenvalue weighted by Crippen LogP contribution is 2.49. The zero-order valence-corrected chi connectivity index (χ0v) is 16.7. The van der Waals surface area contributed by atoms with Crippen LogP contribution in [0.25, 0.3) is 0 Å². The Hall–Kier alpha value is -1.88. The standard InChI is InChI=1S/C22H31N3O2/c1-16(2)13-24-14-18-19(15-24)22(23(3)21(18)27)9-11-25(12-10-22)20(26)17-7-5-4-6-8-17/h4-8,16,18-19H,9-15H2,1-3H3/t18-,19+/m1/s1. The van der Waals surface area contributed by atoms with Gasteiger partial charge in [0.15, 0.2) is 0 Å². The second kappa shape index (κ2) is 6.93. The maximum absolute atomic E-state index is 12.9. The van der Waals surface area contributed by atoms with E-state index in [1.54, 1.807) is 0 Å². The summed E-state index contributed by atoms with van der Waals surface area (Å²) in [6.07, 6.45) is 1.79. The fourth-order valence-electron chi connectivity index (χ4n) is 5.63. The van der Waals surface area contributed by atoms with Crippen LogP contribution in [0.15, 0.2) is 30.3 Å². The zero-order chi connectivity index (χ0) is 19.2. The first kappa shape index (κ1) is 18.5. The van der Waals surface area contributed by atoms with Crippen LogP contribution in [0.3, 0.4) is 0 Å². The third-order valence-corrected chi connectivity index (χ3v) is 6.96. The Morgan fingerprint density at radius 3 is 2.44 bits per heavy atom. The van der Waals surface area contributed by atoms with Crippen molar-refractivity contribution in [3.63, 3.8) is 0 Å². The molecule has 27 heavy (non-hydrogen) atoms. The number of benzene rings is 1. The Labute approximate surface area is 162 Å². The van der Waals surface area contributed by atoms with E-state index in [4.69, 9.17) is 0 Å². The lowest BCUT2D eigenvalue weighted by Gasteiger charge is -2.46. The molecule has 0 N–H and O–H groups in total. The van der Waals surface area contributed by atoms with Crippen molar-refractivity contribution in [2.75, 3.05) is 39.8 Å². The Bertz CT molecular complexity index is 710. The predicted octanol–water partition coefficient (Wildman–Crippen LogP) is 2.34. The van der Waals surface area contributed by atoms with Gasteiger partial charge in [0.2, 0.25) is 5.91 Å². The second-order valence-electron chi connectivity index (χ2n) is 8.98. The molecule has 146 valence electrons. The molecule has 2 atom stereocenters. The molecule has 2 amide bonds. The van der Waals surface area contributed by atoms with Crippen LogP contribution in [0.4, 0.5) is 0 Å². The van der Waals surface area contributed by atoms with E-state index in [0.29, 0.717) is 17.7 Å². The van der Waals surface area contributed by atoms with Crippen LogP contribution in [-0.4, -0.2) is 71.8 Å². The van der Waals surface area contributed by atoms with Gasteiger partial charge in [-0.15, -0.1) is 0 Å². The van der Waals surface area contributed by atoms with Gasteiger partial charge in [0.05, 0.1) is 11.5 Å². The van der Waals surface area contributed by atoms with Crippen molar-refractivity contribution < 1.29 is 9.59 Å². The minimum Gasteiger partial charge on any atom is -0.339 e. The molecule has 0 radical (unpaired) electrons. The van der Waals surface area contributed by atoms with Gasteiger partial charge in [0.1, 0.15) is 0 Å². The number of carbonyl (C=O) groups excluding carboxylic acids is 2. The Balaban J connectivity index is 1.48. The maximum atomic E-state index is 12.9. The van der Waals surface area contributed by atoms with Crippen molar-refractivity contribution in [3.8, 4) is 0 Å². The number of fused-ring (bicyclic) bond motifs is 2. The molecular formula is C22H31N3O2. The van der Waals surface area contributed by atoms with Gasteiger partial charge in [-0.2, -0.15) is 0 Å². The quantitative estimate of drug-likeness (QED) is 0.821. The topological polar surface area (TPSA) is 43.9 Å². The molecule has 3 fully saturated rings. The normalized spacial score (nSPS) is 27.6. The van der Waals surface area contributed by atoms with Gasteiger partial charge in [-0.1, -0.05) is 32.0 Å². The third-order valence-electron chi connectivity index (χ3n) is 6.96. The van der Waals surface area contributed by atoms with E-state index in [2.05, 4.69) is 18.7 Å². The van der Waals surface area contributed by atoms with Crippen molar-refractivity contribution in [2.24, 2.45) is 17.8 Å². The summed E-state index contributed by atoms with van der Waals surface area (Å²) in [4.78, 5) is 32.2. The molecule has 0 saturated carbocycles. The summed E-state index contributed by atoms with van der Waals surface area (Å²) in [6.45, 7) is 8.94. The summed E-state index contributed by atoms with van der Waals surface area (Å²) >= 11 is 0. The van der Waals surface area contributed by atoms with Crippen LogP contribution in [0, 0.1) is 17.8 Å². The van der Waals surface area contributed by atoms with Crippen molar-refractivity contribution >= 4 is 11.8 Å². The van der Waals surface area contributed by atoms with Crippen molar-refractivity contribution in [1.29, 1.82) is 0 Å². The lowest BCUT2D eigenvalue weighted by molar-refractivity contribution is -0.133. The number of hydrogen-bond acceptors (Lipinski definition) is 3. The molecule has 0 aliphatic carbocycles. The largest absolute Gasteiger partial charge is 0.339 e. The first-order valence-corrected chi connectivity index (χ1v) is 10.3. The Morgan fingerprint density at radius 1 is 1.15 bits per heavy atom. The van der Waals surface area contributed by atoms with E-state index in [0.717, 1.165) is 51.1 Å². The van der Waals surface area contributed by atoms with Crippen LogP contribution in [-0.2, 0) is 4.79 Å². The fraction of sp³-hybridized carbons (Fsp3) is 0.636. The van der Waals surface area contributed by atoms with Gasteiger partial charge in [0.25, 0.3) is 5.91 Å². The predicted molar refractivity (Wildman–Crippen MR) is 105 cm³/mol. The summed E-state index contributed by atoms with van der Waals surface area (Å²) in [5.41, 5.74) is 0.687. The minimum atomic E-state index is -0.0685. The molecule has 3 saturated heterocycles. The van der Waals surface area contributed by atoms with E-state index >= 15 is 0 Å². The number of nitrogens with zero attached hydrogens (tertiary/aromatic N) is 3. The zero-order valence-electron chi connectivity index (χ0n) is 16.7. The summed E-state index contributed by atoms with van der Waals surface area (Å²) in [5.74, 6) is 1.60. The second-order valence-corrected chi connectivity index (χ2v) is 8.98. The lowest BCUT2D eigenvalue weighted by atomic mass is 9.75. The highest BCUT2D eigenvalue weighted by Gasteiger charge is 2.60. The van der Waals surface area contributed by atoms with Crippen LogP contribution in [0.2, 0.25) is 0 Å². The van der Waals surface area contributed by atoms with Gasteiger partial charge < -0.3 is 14.7 Å². The smallest absolute Gasteiger partial charge is 0.253 e. The number of piperidine rings is 1. The average Bonchev–Trinajstić information content (AvgIpc) is 3.16. The number of hydrogen-bond donors (Lipinski definition) is 0. The van der Waals surface area contributed by atoms with Gasteiger partial charge >= 0.3 is 0 Å². The van der Waals surface area contributed by atoms with Crippen LogP contribution in [0.1, 0.15) is 37.0 Å². The molecule has 3 heterocycles. The van der Waals surface area contributed by atoms with Crippen LogP contribution in [0.5, 0.6) is 0 Å². The summed E-state index contributed by atoms with van der Waals surface area (Å²) in [5, 5.41) is 0. The first-order valence-electron chi connectivity index (χ1n) is 10.3. The first-order chi connectivity index (χ1) is 12.9. The van der Waals surface area contributed by atoms with Crippen LogP contribution < -0.4 is 0 Å². The van der Waals surface area contributed by atoms with Gasteiger partial charge in [-0.3, -0.25) is 9.59 Å². The molecule has 1 aromatic carbocycles. The number of carbonyl (C=O) groups is 2. The molecular weight excluding hydrogens is 338 g/mol. The summed E-state index contributed by atoms with van der Waals surface area (Å²) < 4.78 is 0. The average molecular weight is 370 g/mol. The Morgan fingerprint density at radius 2 is 1.81 bits per heavy atom. The monoisotopic (exact) mass is 369 g/mol. The number of likely N-dealkylation sites (tertiary alicyclic amines) is 3. The molecule has 1 spiro atoms. The highest BCUT2D eigenvalue weighted by atomic mass is 16.2.